The van der Waals surface area contributed by atoms with Gasteiger partial charge in [0.2, 0.25) is 0 Å². The van der Waals surface area contributed by atoms with Gasteiger partial charge < -0.3 is 9.47 Å². The van der Waals surface area contributed by atoms with Crippen LogP contribution in [0, 0.1) is 0 Å². The number of rotatable bonds is 7. The minimum atomic E-state index is -4.68. The molecular weight excluding hydrogens is 396 g/mol. The normalized spacial score (nSPS) is 11.0. The molecule has 28 heavy (non-hydrogen) atoms. The topological polar surface area (TPSA) is 148 Å². The van der Waals surface area contributed by atoms with E-state index in [9.17, 15) is 22.8 Å². The van der Waals surface area contributed by atoms with Crippen LogP contribution in [-0.2, 0) is 21.6 Å². The van der Waals surface area contributed by atoms with Crippen LogP contribution in [0.4, 0.5) is 4.79 Å². The Kier molecular flexibility index (Phi) is 6.41. The van der Waals surface area contributed by atoms with Crippen LogP contribution in [0.2, 0.25) is 0 Å². The van der Waals surface area contributed by atoms with Gasteiger partial charge in [0.1, 0.15) is 0 Å². The molecule has 0 aliphatic carbocycles. The summed E-state index contributed by atoms with van der Waals surface area (Å²) in [5.74, 6) is -0.938. The van der Waals surface area contributed by atoms with Gasteiger partial charge in [-0.25, -0.2) is 22.6 Å². The first-order chi connectivity index (χ1) is 13.2. The molecule has 2 aromatic rings. The van der Waals surface area contributed by atoms with Gasteiger partial charge in [-0.15, -0.1) is 5.48 Å². The third kappa shape index (κ3) is 4.14. The first kappa shape index (κ1) is 21.0. The number of carbonyl (C=O) groups is 2. The van der Waals surface area contributed by atoms with Gasteiger partial charge in [0.25, 0.3) is 9.84 Å². The monoisotopic (exact) mass is 414 g/mol. The average Bonchev–Trinajstić information content (AvgIpc) is 2.97. The molecule has 12 nitrogen and oxygen atoms in total. The van der Waals surface area contributed by atoms with E-state index in [0.29, 0.717) is 11.3 Å². The van der Waals surface area contributed by atoms with Gasteiger partial charge in [-0.3, -0.25) is 9.73 Å². The Hall–Kier alpha value is -3.35. The number of benzene rings is 1. The van der Waals surface area contributed by atoms with Crippen molar-refractivity contribution in [2.75, 3.05) is 13.7 Å². The number of methoxy groups -OCH3 is 1. The number of ether oxygens (including phenoxy) is 2. The van der Waals surface area contributed by atoms with Crippen molar-refractivity contribution in [3.63, 3.8) is 0 Å². The molecule has 0 fully saturated rings. The number of amides is 1. The minimum absolute atomic E-state index is 0.0833. The van der Waals surface area contributed by atoms with E-state index in [1.165, 1.54) is 25.2 Å². The summed E-state index contributed by atoms with van der Waals surface area (Å²) < 4.78 is 35.6. The largest absolute Gasteiger partial charge is 0.465 e. The molecule has 152 valence electrons. The molecule has 1 aromatic heterocycles. The fourth-order valence-electron chi connectivity index (χ4n) is 1.99. The molecule has 2 rings (SSSR count). The smallest absolute Gasteiger partial charge is 0.385 e. The van der Waals surface area contributed by atoms with Crippen LogP contribution in [-0.4, -0.2) is 47.9 Å². The number of nitrogens with zero attached hydrogens (tertiary/aromatic N) is 3. The van der Waals surface area contributed by atoms with Gasteiger partial charge in [-0.05, 0) is 23.4 Å². The molecule has 0 aliphatic heterocycles. The van der Waals surface area contributed by atoms with Gasteiger partial charge in [0, 0.05) is 7.05 Å². The van der Waals surface area contributed by atoms with E-state index in [2.05, 4.69) is 14.8 Å². The maximum absolute atomic E-state index is 12.5. The molecule has 0 saturated carbocycles. The van der Waals surface area contributed by atoms with Gasteiger partial charge >= 0.3 is 22.9 Å². The Morgan fingerprint density at radius 1 is 1.25 bits per heavy atom. The highest BCUT2D eigenvalue weighted by molar-refractivity contribution is 8.06. The number of nitrogens with one attached hydrogen (secondary N) is 1. The van der Waals surface area contributed by atoms with Crippen LogP contribution < -0.4 is 20.8 Å². The van der Waals surface area contributed by atoms with E-state index in [4.69, 9.17) is 4.74 Å². The molecule has 0 unspecified atom stereocenters. The fourth-order valence-corrected chi connectivity index (χ4v) is 3.04. The van der Waals surface area contributed by atoms with Gasteiger partial charge in [0.05, 0.1) is 24.2 Å². The summed E-state index contributed by atoms with van der Waals surface area (Å²) in [6.45, 7) is 2.14. The van der Waals surface area contributed by atoms with E-state index < -0.39 is 31.6 Å². The van der Waals surface area contributed by atoms with Crippen molar-refractivity contribution in [3.8, 4) is 6.01 Å². The van der Waals surface area contributed by atoms with E-state index in [1.54, 1.807) is 5.48 Å². The summed E-state index contributed by atoms with van der Waals surface area (Å²) in [6.07, 6.45) is 0.663. The van der Waals surface area contributed by atoms with Gasteiger partial charge in [-0.1, -0.05) is 24.2 Å². The average molecular weight is 414 g/mol. The molecule has 0 radical (unpaired) electrons. The molecule has 0 aliphatic rings. The van der Waals surface area contributed by atoms with Crippen molar-refractivity contribution in [2.45, 2.75) is 18.2 Å². The zero-order valence-corrected chi connectivity index (χ0v) is 16.1. The third-order valence-corrected chi connectivity index (χ3v) is 4.90. The number of sulfone groups is 1. The molecule has 0 spiro atoms. The minimum Gasteiger partial charge on any atom is -0.465 e. The zero-order valence-electron chi connectivity index (χ0n) is 15.2. The molecule has 0 atom stereocenters. The SMILES string of the molecule is CCCOc1nn(ONC(=O)S(=O)(=O)c2ccccc2C(=O)OC)c(=O)n1C. The number of carbonyl (C=O) groups excluding carboxylic acids is 2. The predicted molar refractivity (Wildman–Crippen MR) is 93.3 cm³/mol. The van der Waals surface area contributed by atoms with E-state index in [0.717, 1.165) is 17.7 Å². The number of esters is 1. The summed E-state index contributed by atoms with van der Waals surface area (Å²) in [7, 11) is -2.26. The van der Waals surface area contributed by atoms with Crippen molar-refractivity contribution in [1.82, 2.24) is 20.0 Å². The summed E-state index contributed by atoms with van der Waals surface area (Å²) >= 11 is 0. The molecular formula is C15H18N4O8S. The molecule has 1 amide bonds. The Morgan fingerprint density at radius 2 is 1.93 bits per heavy atom. The highest BCUT2D eigenvalue weighted by Gasteiger charge is 2.31. The molecule has 1 aromatic carbocycles. The number of hydroxylamine groups is 1. The quantitative estimate of drug-likeness (QED) is 0.475. The molecule has 0 saturated heterocycles. The number of hydrogen-bond donors (Lipinski definition) is 1. The highest BCUT2D eigenvalue weighted by Crippen LogP contribution is 2.18. The summed E-state index contributed by atoms with van der Waals surface area (Å²) in [5.41, 5.74) is 0.463. The van der Waals surface area contributed by atoms with E-state index >= 15 is 0 Å². The summed E-state index contributed by atoms with van der Waals surface area (Å²) in [4.78, 5) is 40.3. The first-order valence-electron chi connectivity index (χ1n) is 7.92. The second-order valence-electron chi connectivity index (χ2n) is 5.32. The maximum atomic E-state index is 12.5. The Bertz CT molecular complexity index is 1040. The van der Waals surface area contributed by atoms with Crippen LogP contribution in [0.25, 0.3) is 0 Å². The Morgan fingerprint density at radius 3 is 2.57 bits per heavy atom. The third-order valence-electron chi connectivity index (χ3n) is 3.39. The first-order valence-corrected chi connectivity index (χ1v) is 9.41. The lowest BCUT2D eigenvalue weighted by molar-refractivity contribution is 0.0203. The number of aromatic nitrogens is 3. The van der Waals surface area contributed by atoms with Crippen molar-refractivity contribution >= 4 is 21.0 Å². The lowest BCUT2D eigenvalue weighted by Crippen LogP contribution is -2.42. The summed E-state index contributed by atoms with van der Waals surface area (Å²) in [5, 5.41) is 2.06. The van der Waals surface area contributed by atoms with Crippen molar-refractivity contribution in [3.05, 3.63) is 40.3 Å². The second kappa shape index (κ2) is 8.56. The lowest BCUT2D eigenvalue weighted by atomic mass is 10.2. The fraction of sp³-hybridized carbons (Fsp3) is 0.333. The van der Waals surface area contributed by atoms with Crippen LogP contribution >= 0.6 is 0 Å². The van der Waals surface area contributed by atoms with Crippen LogP contribution in [0.1, 0.15) is 23.7 Å². The van der Waals surface area contributed by atoms with Gasteiger partial charge in [0.15, 0.2) is 0 Å². The second-order valence-corrected chi connectivity index (χ2v) is 7.14. The number of hydrogen-bond acceptors (Lipinski definition) is 9. The summed E-state index contributed by atoms with van der Waals surface area (Å²) in [6, 6.07) is 4.90. The molecule has 1 N–H and O–H groups in total. The van der Waals surface area contributed by atoms with E-state index in [1.807, 2.05) is 6.92 Å². The zero-order chi connectivity index (χ0) is 20.9. The highest BCUT2D eigenvalue weighted by atomic mass is 32.2. The van der Waals surface area contributed by atoms with Crippen molar-refractivity contribution in [2.24, 2.45) is 7.05 Å². The molecule has 1 heterocycles. The maximum Gasteiger partial charge on any atom is 0.385 e. The van der Waals surface area contributed by atoms with Crippen molar-refractivity contribution in [1.29, 1.82) is 0 Å². The van der Waals surface area contributed by atoms with Crippen LogP contribution in [0.15, 0.2) is 34.0 Å². The van der Waals surface area contributed by atoms with E-state index in [-0.39, 0.29) is 18.2 Å². The van der Waals surface area contributed by atoms with Crippen LogP contribution in [0.5, 0.6) is 6.01 Å². The molecule has 13 heteroatoms. The van der Waals surface area contributed by atoms with Crippen LogP contribution in [0.3, 0.4) is 0 Å². The van der Waals surface area contributed by atoms with Crippen molar-refractivity contribution < 1.29 is 32.4 Å². The lowest BCUT2D eigenvalue weighted by Gasteiger charge is -2.08. The van der Waals surface area contributed by atoms with Gasteiger partial charge in [-0.2, -0.15) is 0 Å². The Labute approximate surface area is 159 Å². The molecule has 0 bridgehead atoms. The predicted octanol–water partition coefficient (Wildman–Crippen LogP) is -0.316. The Balaban J connectivity index is 2.22. The standard InChI is InChI=1S/C15H18N4O8S/c1-4-9-26-13-16-19(15(22)18(13)2)27-17-14(21)28(23,24)11-8-6-5-7-10(11)12(20)25-3/h5-8H,4,9H2,1-3H3,(H,17,21).